The van der Waals surface area contributed by atoms with Crippen molar-refractivity contribution < 1.29 is 0 Å². The van der Waals surface area contributed by atoms with Gasteiger partial charge in [-0.25, -0.2) is 0 Å². The monoisotopic (exact) mass is 393 g/mol. The van der Waals surface area contributed by atoms with Crippen LogP contribution in [-0.4, -0.2) is 67.2 Å². The summed E-state index contributed by atoms with van der Waals surface area (Å²) in [7, 11) is 0. The third-order valence-corrected chi connectivity index (χ3v) is 8.10. The van der Waals surface area contributed by atoms with Gasteiger partial charge in [-0.3, -0.25) is 9.80 Å². The van der Waals surface area contributed by atoms with Crippen molar-refractivity contribution in [1.82, 2.24) is 14.7 Å². The molecule has 0 amide bonds. The first-order valence-electron chi connectivity index (χ1n) is 12.5. The van der Waals surface area contributed by atoms with E-state index in [0.29, 0.717) is 10.8 Å². The Kier molecular flexibility index (Phi) is 9.76. The minimum atomic E-state index is 0.515. The third-order valence-electron chi connectivity index (χ3n) is 8.10. The Labute approximate surface area is 177 Å². The Bertz CT molecular complexity index is 420. The summed E-state index contributed by atoms with van der Waals surface area (Å²) in [6, 6.07) is 0. The summed E-state index contributed by atoms with van der Waals surface area (Å²) >= 11 is 0. The van der Waals surface area contributed by atoms with E-state index >= 15 is 0 Å². The summed E-state index contributed by atoms with van der Waals surface area (Å²) in [6.07, 6.45) is 10.9. The number of likely N-dealkylation sites (tertiary alicyclic amines) is 1. The van der Waals surface area contributed by atoms with Crippen LogP contribution in [0.4, 0.5) is 0 Å². The molecule has 0 radical (unpaired) electrons. The second-order valence-electron chi connectivity index (χ2n) is 10.9. The van der Waals surface area contributed by atoms with Crippen LogP contribution in [0, 0.1) is 16.7 Å². The highest BCUT2D eigenvalue weighted by molar-refractivity contribution is 4.86. The van der Waals surface area contributed by atoms with E-state index in [1.165, 1.54) is 104 Å². The van der Waals surface area contributed by atoms with Crippen LogP contribution in [0.1, 0.15) is 92.9 Å². The summed E-state index contributed by atoms with van der Waals surface area (Å²) in [6.45, 7) is 24.7. The van der Waals surface area contributed by atoms with Gasteiger partial charge >= 0.3 is 0 Å². The molecule has 0 spiro atoms. The summed E-state index contributed by atoms with van der Waals surface area (Å²) < 4.78 is 0. The molecular formula is C25H51N3. The van der Waals surface area contributed by atoms with E-state index in [2.05, 4.69) is 56.2 Å². The van der Waals surface area contributed by atoms with Gasteiger partial charge in [0.05, 0.1) is 6.67 Å². The molecule has 0 N–H and O–H groups in total. The van der Waals surface area contributed by atoms with Crippen molar-refractivity contribution in [2.45, 2.75) is 92.9 Å². The van der Waals surface area contributed by atoms with Gasteiger partial charge in [-0.1, -0.05) is 60.8 Å². The second-order valence-corrected chi connectivity index (χ2v) is 10.9. The zero-order valence-corrected chi connectivity index (χ0v) is 20.2. The SMILES string of the molecule is CCCC(C)(C)CCN1CCN(CN2CCC(C(C)(CC)CCC)CC2)CC1. The molecule has 2 heterocycles. The zero-order chi connectivity index (χ0) is 20.6. The lowest BCUT2D eigenvalue weighted by Gasteiger charge is -2.44. The molecule has 2 aliphatic heterocycles. The number of hydrogen-bond acceptors (Lipinski definition) is 3. The molecule has 1 unspecified atom stereocenters. The Morgan fingerprint density at radius 2 is 1.21 bits per heavy atom. The van der Waals surface area contributed by atoms with Crippen molar-refractivity contribution in [3.8, 4) is 0 Å². The van der Waals surface area contributed by atoms with Crippen LogP contribution < -0.4 is 0 Å². The maximum atomic E-state index is 2.73. The zero-order valence-electron chi connectivity index (χ0n) is 20.2. The van der Waals surface area contributed by atoms with Crippen LogP contribution in [0.15, 0.2) is 0 Å². The molecule has 0 aromatic rings. The van der Waals surface area contributed by atoms with Gasteiger partial charge in [0.1, 0.15) is 0 Å². The minimum Gasteiger partial charge on any atom is -0.301 e. The van der Waals surface area contributed by atoms with E-state index in [9.17, 15) is 0 Å². The van der Waals surface area contributed by atoms with E-state index in [1.807, 2.05) is 0 Å². The first-order chi connectivity index (χ1) is 13.3. The van der Waals surface area contributed by atoms with E-state index in [4.69, 9.17) is 0 Å². The molecule has 0 saturated carbocycles. The highest BCUT2D eigenvalue weighted by atomic mass is 15.3. The van der Waals surface area contributed by atoms with Crippen LogP contribution in [-0.2, 0) is 0 Å². The maximum absolute atomic E-state index is 2.73. The Hall–Kier alpha value is -0.120. The topological polar surface area (TPSA) is 9.72 Å². The van der Waals surface area contributed by atoms with E-state index in [0.717, 1.165) is 5.92 Å². The first kappa shape index (κ1) is 24.2. The van der Waals surface area contributed by atoms with Crippen LogP contribution in [0.5, 0.6) is 0 Å². The fourth-order valence-electron chi connectivity index (χ4n) is 5.71. The quantitative estimate of drug-likeness (QED) is 0.445. The average Bonchev–Trinajstić information content (AvgIpc) is 2.68. The summed E-state index contributed by atoms with van der Waals surface area (Å²) in [5.41, 5.74) is 1.10. The molecule has 2 aliphatic rings. The Morgan fingerprint density at radius 1 is 0.679 bits per heavy atom. The van der Waals surface area contributed by atoms with Gasteiger partial charge in [0, 0.05) is 26.2 Å². The summed E-state index contributed by atoms with van der Waals surface area (Å²) in [5, 5.41) is 0. The predicted octanol–water partition coefficient (Wildman–Crippen LogP) is 5.71. The molecule has 0 aliphatic carbocycles. The maximum Gasteiger partial charge on any atom is 0.0507 e. The molecule has 2 saturated heterocycles. The largest absolute Gasteiger partial charge is 0.301 e. The van der Waals surface area contributed by atoms with Crippen molar-refractivity contribution in [2.24, 2.45) is 16.7 Å². The highest BCUT2D eigenvalue weighted by Crippen LogP contribution is 2.41. The minimum absolute atomic E-state index is 0.515. The van der Waals surface area contributed by atoms with Crippen LogP contribution in [0.25, 0.3) is 0 Å². The third kappa shape index (κ3) is 7.29. The standard InChI is InChI=1S/C25H51N3/c1-7-12-24(4,5)14-17-26-18-20-28(21-19-26)22-27-15-10-23(11-16-27)25(6,9-3)13-8-2/h23H,7-22H2,1-6H3. The lowest BCUT2D eigenvalue weighted by molar-refractivity contribution is 0.0269. The Balaban J connectivity index is 1.66. The lowest BCUT2D eigenvalue weighted by Crippen LogP contribution is -2.52. The van der Waals surface area contributed by atoms with Crippen molar-refractivity contribution in [1.29, 1.82) is 0 Å². The number of rotatable bonds is 11. The van der Waals surface area contributed by atoms with Gasteiger partial charge in [-0.2, -0.15) is 0 Å². The van der Waals surface area contributed by atoms with Gasteiger partial charge in [0.15, 0.2) is 0 Å². The average molecular weight is 394 g/mol. The molecule has 2 rings (SSSR count). The van der Waals surface area contributed by atoms with E-state index < -0.39 is 0 Å². The molecule has 28 heavy (non-hydrogen) atoms. The van der Waals surface area contributed by atoms with Crippen molar-refractivity contribution in [2.75, 3.05) is 52.5 Å². The molecule has 2 fully saturated rings. The molecule has 3 heteroatoms. The number of hydrogen-bond donors (Lipinski definition) is 0. The van der Waals surface area contributed by atoms with Crippen molar-refractivity contribution in [3.63, 3.8) is 0 Å². The normalized spacial score (nSPS) is 23.8. The van der Waals surface area contributed by atoms with Gasteiger partial charge in [0.25, 0.3) is 0 Å². The fourth-order valence-corrected chi connectivity index (χ4v) is 5.71. The first-order valence-corrected chi connectivity index (χ1v) is 12.5. The summed E-state index contributed by atoms with van der Waals surface area (Å²) in [4.78, 5) is 8.15. The number of piperidine rings is 1. The lowest BCUT2D eigenvalue weighted by atomic mass is 9.68. The molecule has 0 aromatic carbocycles. The molecule has 166 valence electrons. The van der Waals surface area contributed by atoms with Crippen LogP contribution in [0.2, 0.25) is 0 Å². The molecular weight excluding hydrogens is 342 g/mol. The molecule has 0 aromatic heterocycles. The van der Waals surface area contributed by atoms with Crippen molar-refractivity contribution in [3.05, 3.63) is 0 Å². The smallest absolute Gasteiger partial charge is 0.0507 e. The van der Waals surface area contributed by atoms with Gasteiger partial charge < -0.3 is 4.90 Å². The second kappa shape index (κ2) is 11.3. The summed E-state index contributed by atoms with van der Waals surface area (Å²) in [5.74, 6) is 0.942. The van der Waals surface area contributed by atoms with Crippen LogP contribution in [0.3, 0.4) is 0 Å². The highest BCUT2D eigenvalue weighted by Gasteiger charge is 2.34. The predicted molar refractivity (Wildman–Crippen MR) is 124 cm³/mol. The van der Waals surface area contributed by atoms with Gasteiger partial charge in [-0.15, -0.1) is 0 Å². The molecule has 0 bridgehead atoms. The van der Waals surface area contributed by atoms with Crippen molar-refractivity contribution >= 4 is 0 Å². The number of piperazine rings is 1. The Morgan fingerprint density at radius 3 is 1.75 bits per heavy atom. The fraction of sp³-hybridized carbons (Fsp3) is 1.00. The van der Waals surface area contributed by atoms with Crippen LogP contribution >= 0.6 is 0 Å². The molecule has 1 atom stereocenters. The van der Waals surface area contributed by atoms with E-state index in [-0.39, 0.29) is 0 Å². The number of nitrogens with zero attached hydrogens (tertiary/aromatic N) is 3. The van der Waals surface area contributed by atoms with Gasteiger partial charge in [0.2, 0.25) is 0 Å². The van der Waals surface area contributed by atoms with E-state index in [1.54, 1.807) is 0 Å². The molecule has 3 nitrogen and oxygen atoms in total. The van der Waals surface area contributed by atoms with Gasteiger partial charge in [-0.05, 0) is 68.5 Å².